The standard InChI is InChI=1S/C34H34N3O.C13H12N.Ir/c1-20(2)22-13-10-14-23(21(3)4)30(22)37-31-27(34(5,6)7)18-35-19-28(31)36-33(37)26-16-11-15-25-24-12-8-9-17-29(24)38-32(25)26;1-10-3-6-12(7-4-10)13-8-5-11(2)9-14-13;/h8-15,17-21H,1-7H3;3-6,8-9H,1-2H3;/q2*-1;. The fraction of sp³-hybridized carbons (Fsp3) is 0.255. The summed E-state index contributed by atoms with van der Waals surface area (Å²) in [5.41, 5.74) is 13.8. The number of para-hydroxylation sites is 2. The van der Waals surface area contributed by atoms with Crippen molar-refractivity contribution >= 4 is 33.0 Å². The van der Waals surface area contributed by atoms with Crippen LogP contribution in [0, 0.1) is 26.0 Å². The van der Waals surface area contributed by atoms with Gasteiger partial charge in [-0.1, -0.05) is 115 Å². The first-order chi connectivity index (χ1) is 24.9. The van der Waals surface area contributed by atoms with Crippen molar-refractivity contribution in [3.05, 3.63) is 143 Å². The monoisotopic (exact) mass is 875 g/mol. The third-order valence-electron chi connectivity index (χ3n) is 9.65. The molecule has 1 radical (unpaired) electrons. The van der Waals surface area contributed by atoms with Gasteiger partial charge in [0.1, 0.15) is 5.58 Å². The molecular formula is C47H46IrN4O-2. The average Bonchev–Trinajstić information content (AvgIpc) is 3.70. The number of furan rings is 1. The number of fused-ring (bicyclic) bond motifs is 4. The van der Waals surface area contributed by atoms with Gasteiger partial charge < -0.3 is 14.0 Å². The van der Waals surface area contributed by atoms with Gasteiger partial charge in [0.15, 0.2) is 0 Å². The molecule has 0 saturated carbocycles. The van der Waals surface area contributed by atoms with Crippen LogP contribution in [-0.4, -0.2) is 19.5 Å². The summed E-state index contributed by atoms with van der Waals surface area (Å²) in [6, 6.07) is 35.9. The average molecular weight is 875 g/mol. The molecule has 0 spiro atoms. The number of imidazole rings is 1. The predicted molar refractivity (Wildman–Crippen MR) is 215 cm³/mol. The molecular weight excluding hydrogens is 829 g/mol. The maximum atomic E-state index is 6.48. The third kappa shape index (κ3) is 7.36. The predicted octanol–water partition coefficient (Wildman–Crippen LogP) is 12.5. The molecule has 5 nitrogen and oxygen atoms in total. The second-order valence-corrected chi connectivity index (χ2v) is 15.4. The van der Waals surface area contributed by atoms with E-state index in [1.807, 2.05) is 61.9 Å². The van der Waals surface area contributed by atoms with Crippen LogP contribution in [0.15, 0.2) is 108 Å². The molecule has 0 N–H and O–H groups in total. The van der Waals surface area contributed by atoms with Gasteiger partial charge in [-0.05, 0) is 52.6 Å². The molecule has 0 aliphatic rings. The Bertz CT molecular complexity index is 2450. The van der Waals surface area contributed by atoms with Gasteiger partial charge in [-0.25, -0.2) is 0 Å². The summed E-state index contributed by atoms with van der Waals surface area (Å²) in [6.07, 6.45) is 5.77. The molecule has 53 heavy (non-hydrogen) atoms. The van der Waals surface area contributed by atoms with Crippen molar-refractivity contribution in [3.63, 3.8) is 0 Å². The van der Waals surface area contributed by atoms with Crippen molar-refractivity contribution < 1.29 is 24.5 Å². The Labute approximate surface area is 326 Å². The minimum absolute atomic E-state index is 0. The Hall–Kier alpha value is -4.90. The van der Waals surface area contributed by atoms with E-state index in [0.717, 1.165) is 55.6 Å². The van der Waals surface area contributed by atoms with Crippen LogP contribution in [0.1, 0.15) is 88.1 Å². The van der Waals surface area contributed by atoms with Crippen molar-refractivity contribution in [2.75, 3.05) is 0 Å². The van der Waals surface area contributed by atoms with Crippen LogP contribution >= 0.6 is 0 Å². The molecule has 0 aliphatic carbocycles. The van der Waals surface area contributed by atoms with E-state index in [4.69, 9.17) is 9.40 Å². The van der Waals surface area contributed by atoms with E-state index in [9.17, 15) is 0 Å². The zero-order chi connectivity index (χ0) is 36.7. The molecule has 4 aromatic heterocycles. The van der Waals surface area contributed by atoms with Crippen LogP contribution in [-0.2, 0) is 25.5 Å². The summed E-state index contributed by atoms with van der Waals surface area (Å²) in [7, 11) is 0. The van der Waals surface area contributed by atoms with Gasteiger partial charge in [0, 0.05) is 49.1 Å². The molecule has 0 atom stereocenters. The number of pyridine rings is 2. The summed E-state index contributed by atoms with van der Waals surface area (Å²) >= 11 is 0. The van der Waals surface area contributed by atoms with E-state index >= 15 is 0 Å². The molecule has 0 aliphatic heterocycles. The SMILES string of the molecule is CC(C)c1cccc(C(C)C)c1-n1c(-c2[c-]ccc3c2oc2ccccc23)nc2cncc(C(C)(C)C)c21.Cc1c[c-]c(-c2ccc(C)cn2)cc1.[Ir]. The smallest absolute Gasteiger partial charge is 0.120 e. The summed E-state index contributed by atoms with van der Waals surface area (Å²) in [5, 5.41) is 2.17. The molecule has 4 heterocycles. The largest absolute Gasteiger partial charge is 0.501 e. The molecule has 0 unspecified atom stereocenters. The topological polar surface area (TPSA) is 56.7 Å². The van der Waals surface area contributed by atoms with E-state index < -0.39 is 0 Å². The molecule has 0 bridgehead atoms. The summed E-state index contributed by atoms with van der Waals surface area (Å²) in [5.74, 6) is 1.50. The molecule has 8 rings (SSSR count). The summed E-state index contributed by atoms with van der Waals surface area (Å²) in [6.45, 7) is 19.9. The molecule has 6 heteroatoms. The first kappa shape index (κ1) is 37.8. The number of benzene rings is 4. The van der Waals surface area contributed by atoms with E-state index in [1.54, 1.807) is 0 Å². The van der Waals surface area contributed by atoms with E-state index in [1.165, 1.54) is 33.5 Å². The fourth-order valence-electron chi connectivity index (χ4n) is 6.88. The van der Waals surface area contributed by atoms with Crippen LogP contribution in [0.2, 0.25) is 0 Å². The molecule has 0 amide bonds. The third-order valence-corrected chi connectivity index (χ3v) is 9.65. The Morgan fingerprint density at radius 1 is 0.736 bits per heavy atom. The van der Waals surface area contributed by atoms with Crippen molar-refractivity contribution in [1.82, 2.24) is 19.5 Å². The van der Waals surface area contributed by atoms with Gasteiger partial charge in [0.05, 0.1) is 28.6 Å². The molecule has 0 fully saturated rings. The Balaban J connectivity index is 0.000000269. The number of rotatable bonds is 5. The van der Waals surface area contributed by atoms with Gasteiger partial charge in [-0.15, -0.1) is 53.6 Å². The minimum Gasteiger partial charge on any atom is -0.501 e. The van der Waals surface area contributed by atoms with E-state index in [2.05, 4.69) is 131 Å². The van der Waals surface area contributed by atoms with Crippen molar-refractivity contribution in [2.45, 2.75) is 79.6 Å². The van der Waals surface area contributed by atoms with Gasteiger partial charge >= 0.3 is 0 Å². The zero-order valence-electron chi connectivity index (χ0n) is 32.0. The Morgan fingerprint density at radius 3 is 2.09 bits per heavy atom. The Kier molecular flexibility index (Phi) is 10.9. The van der Waals surface area contributed by atoms with Gasteiger partial charge in [0.2, 0.25) is 0 Å². The van der Waals surface area contributed by atoms with Gasteiger partial charge in [-0.2, -0.15) is 0 Å². The number of aryl methyl sites for hydroxylation is 2. The maximum absolute atomic E-state index is 6.48. The zero-order valence-corrected chi connectivity index (χ0v) is 34.4. The fourth-order valence-corrected chi connectivity index (χ4v) is 6.88. The van der Waals surface area contributed by atoms with Gasteiger partial charge in [0.25, 0.3) is 0 Å². The van der Waals surface area contributed by atoms with Crippen LogP contribution in [0.4, 0.5) is 0 Å². The van der Waals surface area contributed by atoms with Crippen molar-refractivity contribution in [3.8, 4) is 28.3 Å². The number of hydrogen-bond donors (Lipinski definition) is 0. The van der Waals surface area contributed by atoms with Crippen LogP contribution in [0.25, 0.3) is 61.3 Å². The second-order valence-electron chi connectivity index (χ2n) is 15.4. The minimum atomic E-state index is -0.124. The molecule has 4 aromatic carbocycles. The van der Waals surface area contributed by atoms with E-state index in [-0.39, 0.29) is 25.5 Å². The van der Waals surface area contributed by atoms with Gasteiger partial charge in [-0.3, -0.25) is 9.97 Å². The second kappa shape index (κ2) is 15.2. The quantitative estimate of drug-likeness (QED) is 0.162. The van der Waals surface area contributed by atoms with E-state index in [0.29, 0.717) is 11.8 Å². The first-order valence-corrected chi connectivity index (χ1v) is 18.2. The van der Waals surface area contributed by atoms with Crippen LogP contribution < -0.4 is 0 Å². The van der Waals surface area contributed by atoms with Crippen molar-refractivity contribution in [2.24, 2.45) is 0 Å². The van der Waals surface area contributed by atoms with Crippen LogP contribution in [0.5, 0.6) is 0 Å². The molecule has 0 saturated heterocycles. The number of aromatic nitrogens is 4. The van der Waals surface area contributed by atoms with Crippen LogP contribution in [0.3, 0.4) is 0 Å². The summed E-state index contributed by atoms with van der Waals surface area (Å²) in [4.78, 5) is 14.2. The Morgan fingerprint density at radius 2 is 1.45 bits per heavy atom. The maximum Gasteiger partial charge on any atom is 0.120 e. The van der Waals surface area contributed by atoms with Crippen molar-refractivity contribution in [1.29, 1.82) is 0 Å². The number of hydrogen-bond acceptors (Lipinski definition) is 4. The summed E-state index contributed by atoms with van der Waals surface area (Å²) < 4.78 is 8.85. The normalized spacial score (nSPS) is 11.7. The first-order valence-electron chi connectivity index (χ1n) is 18.2. The number of nitrogens with zero attached hydrogens (tertiary/aromatic N) is 4. The molecule has 8 aromatic rings. The molecule has 271 valence electrons.